The lowest BCUT2D eigenvalue weighted by atomic mass is 9.97. The molecule has 0 fully saturated rings. The summed E-state index contributed by atoms with van der Waals surface area (Å²) in [6, 6.07) is 6.14. The van der Waals surface area contributed by atoms with Crippen LogP contribution < -0.4 is 0 Å². The third kappa shape index (κ3) is 1.89. The summed E-state index contributed by atoms with van der Waals surface area (Å²) in [4.78, 5) is 3.61. The van der Waals surface area contributed by atoms with Gasteiger partial charge in [-0.05, 0) is 23.5 Å². The van der Waals surface area contributed by atoms with Gasteiger partial charge in [0, 0.05) is 0 Å². The minimum atomic E-state index is 0.440. The van der Waals surface area contributed by atoms with E-state index in [-0.39, 0.29) is 0 Å². The summed E-state index contributed by atoms with van der Waals surface area (Å²) in [5.41, 5.74) is 3.20. The second-order valence-corrected chi connectivity index (χ2v) is 3.48. The minimum absolute atomic E-state index is 0.440. The predicted molar refractivity (Wildman–Crippen MR) is 56.2 cm³/mol. The number of hydrogen-bond acceptors (Lipinski definition) is 0. The van der Waals surface area contributed by atoms with Crippen LogP contribution in [0.15, 0.2) is 18.2 Å². The quantitative estimate of drug-likeness (QED) is 0.597. The van der Waals surface area contributed by atoms with Crippen molar-refractivity contribution in [3.05, 3.63) is 40.7 Å². The molecule has 1 heteroatoms. The molecule has 0 atom stereocenters. The predicted octanol–water partition coefficient (Wildman–Crippen LogP) is 3.92. The van der Waals surface area contributed by atoms with Crippen molar-refractivity contribution in [1.82, 2.24) is 0 Å². The van der Waals surface area contributed by atoms with Crippen molar-refractivity contribution in [1.29, 1.82) is 0 Å². The van der Waals surface area contributed by atoms with Crippen LogP contribution in [0.25, 0.3) is 4.85 Å². The molecule has 0 amide bonds. The molecule has 0 aliphatic carbocycles. The van der Waals surface area contributed by atoms with Gasteiger partial charge in [-0.1, -0.05) is 39.0 Å². The van der Waals surface area contributed by atoms with Gasteiger partial charge in [0.25, 0.3) is 0 Å². The molecule has 0 aliphatic heterocycles. The standard InChI is InChI=1S/C12H15N/c1-5-10-7-6-8-11(9(2)3)12(10)13-4/h6-9H,5H2,1-3H3. The van der Waals surface area contributed by atoms with Crippen molar-refractivity contribution in [2.24, 2.45) is 0 Å². The van der Waals surface area contributed by atoms with E-state index in [1.165, 1.54) is 11.1 Å². The van der Waals surface area contributed by atoms with Crippen LogP contribution in [0.4, 0.5) is 5.69 Å². The SMILES string of the molecule is [C-]#[N+]c1c(CC)cccc1C(C)C. The Kier molecular flexibility index (Phi) is 3.08. The van der Waals surface area contributed by atoms with Gasteiger partial charge >= 0.3 is 0 Å². The van der Waals surface area contributed by atoms with E-state index in [0.29, 0.717) is 5.92 Å². The summed E-state index contributed by atoms with van der Waals surface area (Å²) in [5, 5.41) is 0. The molecule has 0 bridgehead atoms. The minimum Gasteiger partial charge on any atom is -0.238 e. The first-order valence-electron chi connectivity index (χ1n) is 4.70. The number of aryl methyl sites for hydroxylation is 1. The van der Waals surface area contributed by atoms with Crippen molar-refractivity contribution >= 4 is 5.69 Å². The second-order valence-electron chi connectivity index (χ2n) is 3.48. The Balaban J connectivity index is 3.29. The summed E-state index contributed by atoms with van der Waals surface area (Å²) in [5.74, 6) is 0.440. The Bertz CT molecular complexity index is 331. The smallest absolute Gasteiger partial charge is 0.193 e. The monoisotopic (exact) mass is 173 g/mol. The lowest BCUT2D eigenvalue weighted by molar-refractivity contribution is 0.868. The van der Waals surface area contributed by atoms with E-state index < -0.39 is 0 Å². The van der Waals surface area contributed by atoms with E-state index in [1.807, 2.05) is 12.1 Å². The molecule has 0 aromatic heterocycles. The number of nitrogens with zero attached hydrogens (tertiary/aromatic N) is 1. The van der Waals surface area contributed by atoms with Gasteiger partial charge in [0.1, 0.15) is 0 Å². The van der Waals surface area contributed by atoms with E-state index in [4.69, 9.17) is 6.57 Å². The Morgan fingerprint density at radius 1 is 1.38 bits per heavy atom. The number of benzene rings is 1. The van der Waals surface area contributed by atoms with Crippen molar-refractivity contribution in [2.45, 2.75) is 33.1 Å². The lowest BCUT2D eigenvalue weighted by Gasteiger charge is -2.10. The molecule has 0 spiro atoms. The van der Waals surface area contributed by atoms with Gasteiger partial charge in [-0.15, -0.1) is 0 Å². The molecule has 1 nitrogen and oxygen atoms in total. The molecule has 0 N–H and O–H groups in total. The Morgan fingerprint density at radius 3 is 2.54 bits per heavy atom. The van der Waals surface area contributed by atoms with E-state index >= 15 is 0 Å². The van der Waals surface area contributed by atoms with E-state index in [1.54, 1.807) is 0 Å². The van der Waals surface area contributed by atoms with E-state index in [0.717, 1.165) is 12.1 Å². The molecule has 13 heavy (non-hydrogen) atoms. The van der Waals surface area contributed by atoms with Crippen LogP contribution in [0.1, 0.15) is 37.8 Å². The van der Waals surface area contributed by atoms with Crippen LogP contribution in [0, 0.1) is 6.57 Å². The molecular formula is C12H15N. The summed E-state index contributed by atoms with van der Waals surface area (Å²) in [6.07, 6.45) is 0.943. The fourth-order valence-corrected chi connectivity index (χ4v) is 1.50. The molecule has 68 valence electrons. The van der Waals surface area contributed by atoms with Crippen LogP contribution in [-0.2, 0) is 6.42 Å². The van der Waals surface area contributed by atoms with Crippen molar-refractivity contribution < 1.29 is 0 Å². The molecule has 0 radical (unpaired) electrons. The normalized spacial score (nSPS) is 10.1. The summed E-state index contributed by atoms with van der Waals surface area (Å²) < 4.78 is 0. The second kappa shape index (κ2) is 4.09. The van der Waals surface area contributed by atoms with Gasteiger partial charge in [0.15, 0.2) is 5.69 Å². The molecule has 0 aliphatic rings. The molecule has 1 rings (SSSR count). The molecule has 1 aromatic rings. The van der Waals surface area contributed by atoms with Crippen LogP contribution in [-0.4, -0.2) is 0 Å². The molecule has 0 heterocycles. The van der Waals surface area contributed by atoms with Crippen LogP contribution >= 0.6 is 0 Å². The third-order valence-corrected chi connectivity index (χ3v) is 2.27. The highest BCUT2D eigenvalue weighted by Gasteiger charge is 2.09. The Labute approximate surface area is 80.2 Å². The summed E-state index contributed by atoms with van der Waals surface area (Å²) >= 11 is 0. The van der Waals surface area contributed by atoms with Gasteiger partial charge in [0.2, 0.25) is 0 Å². The maximum absolute atomic E-state index is 7.15. The number of hydrogen-bond donors (Lipinski definition) is 0. The zero-order chi connectivity index (χ0) is 9.84. The van der Waals surface area contributed by atoms with Crippen LogP contribution in [0.5, 0.6) is 0 Å². The Morgan fingerprint density at radius 2 is 2.08 bits per heavy atom. The van der Waals surface area contributed by atoms with Gasteiger partial charge in [-0.2, -0.15) is 0 Å². The molecule has 0 saturated heterocycles. The largest absolute Gasteiger partial charge is 0.238 e. The van der Waals surface area contributed by atoms with Crippen LogP contribution in [0.2, 0.25) is 0 Å². The fourth-order valence-electron chi connectivity index (χ4n) is 1.50. The zero-order valence-electron chi connectivity index (χ0n) is 8.46. The topological polar surface area (TPSA) is 4.36 Å². The molecule has 0 saturated carbocycles. The zero-order valence-corrected chi connectivity index (χ0v) is 8.46. The van der Waals surface area contributed by atoms with E-state index in [9.17, 15) is 0 Å². The lowest BCUT2D eigenvalue weighted by Crippen LogP contribution is -1.90. The highest BCUT2D eigenvalue weighted by molar-refractivity contribution is 5.59. The maximum Gasteiger partial charge on any atom is 0.193 e. The van der Waals surface area contributed by atoms with Crippen molar-refractivity contribution in [3.63, 3.8) is 0 Å². The highest BCUT2D eigenvalue weighted by atomic mass is 14.7. The fraction of sp³-hybridized carbons (Fsp3) is 0.417. The number of rotatable bonds is 2. The molecule has 1 aromatic carbocycles. The first-order valence-corrected chi connectivity index (χ1v) is 4.70. The van der Waals surface area contributed by atoms with Gasteiger partial charge in [-0.3, -0.25) is 0 Å². The first-order chi connectivity index (χ1) is 6.20. The maximum atomic E-state index is 7.15. The molecule has 0 unspecified atom stereocenters. The van der Waals surface area contributed by atoms with Crippen molar-refractivity contribution in [2.75, 3.05) is 0 Å². The van der Waals surface area contributed by atoms with Gasteiger partial charge in [0.05, 0.1) is 6.57 Å². The Hall–Kier alpha value is -1.29. The van der Waals surface area contributed by atoms with Gasteiger partial charge < -0.3 is 0 Å². The average Bonchev–Trinajstić information content (AvgIpc) is 2.16. The van der Waals surface area contributed by atoms with Crippen molar-refractivity contribution in [3.8, 4) is 0 Å². The van der Waals surface area contributed by atoms with E-state index in [2.05, 4.69) is 31.7 Å². The summed E-state index contributed by atoms with van der Waals surface area (Å²) in [7, 11) is 0. The van der Waals surface area contributed by atoms with Gasteiger partial charge in [-0.25, -0.2) is 4.85 Å². The molecular weight excluding hydrogens is 158 g/mol. The summed E-state index contributed by atoms with van der Waals surface area (Å²) in [6.45, 7) is 13.5. The van der Waals surface area contributed by atoms with Crippen LogP contribution in [0.3, 0.4) is 0 Å². The highest BCUT2D eigenvalue weighted by Crippen LogP contribution is 2.30. The number of para-hydroxylation sites is 1. The third-order valence-electron chi connectivity index (χ3n) is 2.27. The first kappa shape index (κ1) is 9.80. The average molecular weight is 173 g/mol.